The van der Waals surface area contributed by atoms with E-state index in [0.29, 0.717) is 5.92 Å². The number of rotatable bonds is 3. The molecule has 0 radical (unpaired) electrons. The number of allylic oxidation sites excluding steroid dienone is 2. The molecule has 0 heterocycles. The molecule has 0 rings (SSSR count). The van der Waals surface area contributed by atoms with Gasteiger partial charge in [-0.05, 0) is 26.2 Å². The number of hydrogen-bond acceptors (Lipinski definition) is 1. The monoisotopic (exact) mass is 128 g/mol. The Hall–Kier alpha value is -0.300. The molecule has 0 bridgehead atoms. The standard InChI is InChI=1S/C8H16O/c1-4-5-6-7(2)8(3)9/h4-5,7-9H,6H2,1-3H3/b5-4+/t7-,8-/m1/s1. The molecule has 0 aliphatic carbocycles. The number of aliphatic hydroxyl groups excluding tert-OH is 1. The average molecular weight is 128 g/mol. The van der Waals surface area contributed by atoms with E-state index in [-0.39, 0.29) is 6.10 Å². The summed E-state index contributed by atoms with van der Waals surface area (Å²) in [5.74, 6) is 0.390. The Morgan fingerprint density at radius 3 is 2.33 bits per heavy atom. The van der Waals surface area contributed by atoms with Crippen molar-refractivity contribution < 1.29 is 5.11 Å². The quantitative estimate of drug-likeness (QED) is 0.576. The van der Waals surface area contributed by atoms with Gasteiger partial charge in [0.1, 0.15) is 0 Å². The molecule has 1 N–H and O–H groups in total. The Bertz CT molecular complexity index is 84.6. The number of aliphatic hydroxyl groups is 1. The molecular formula is C8H16O. The summed E-state index contributed by atoms with van der Waals surface area (Å²) in [6, 6.07) is 0. The first-order chi connectivity index (χ1) is 4.18. The third-order valence-electron chi connectivity index (χ3n) is 1.57. The predicted octanol–water partition coefficient (Wildman–Crippen LogP) is 1.97. The highest BCUT2D eigenvalue weighted by molar-refractivity contribution is 4.80. The zero-order valence-corrected chi connectivity index (χ0v) is 6.46. The van der Waals surface area contributed by atoms with E-state index in [2.05, 4.69) is 6.08 Å². The van der Waals surface area contributed by atoms with E-state index < -0.39 is 0 Å². The lowest BCUT2D eigenvalue weighted by Crippen LogP contribution is -2.11. The van der Waals surface area contributed by atoms with Crippen LogP contribution < -0.4 is 0 Å². The van der Waals surface area contributed by atoms with Crippen LogP contribution in [0.2, 0.25) is 0 Å². The van der Waals surface area contributed by atoms with Crippen LogP contribution in [0.25, 0.3) is 0 Å². The van der Waals surface area contributed by atoms with Gasteiger partial charge in [-0.2, -0.15) is 0 Å². The van der Waals surface area contributed by atoms with Gasteiger partial charge in [0.05, 0.1) is 6.10 Å². The van der Waals surface area contributed by atoms with Crippen molar-refractivity contribution in [2.45, 2.75) is 33.3 Å². The number of hydrogen-bond donors (Lipinski definition) is 1. The lowest BCUT2D eigenvalue weighted by atomic mass is 10.0. The fraction of sp³-hybridized carbons (Fsp3) is 0.750. The summed E-state index contributed by atoms with van der Waals surface area (Å²) in [4.78, 5) is 0. The van der Waals surface area contributed by atoms with Crippen molar-refractivity contribution in [1.82, 2.24) is 0 Å². The molecule has 9 heavy (non-hydrogen) atoms. The summed E-state index contributed by atoms with van der Waals surface area (Å²) in [6.07, 6.45) is 4.89. The van der Waals surface area contributed by atoms with Crippen LogP contribution in [0.5, 0.6) is 0 Å². The zero-order valence-electron chi connectivity index (χ0n) is 6.46. The lowest BCUT2D eigenvalue weighted by Gasteiger charge is -2.10. The smallest absolute Gasteiger partial charge is 0.0540 e. The molecule has 0 fully saturated rings. The third-order valence-corrected chi connectivity index (χ3v) is 1.57. The highest BCUT2D eigenvalue weighted by atomic mass is 16.3. The van der Waals surface area contributed by atoms with Gasteiger partial charge in [-0.1, -0.05) is 19.1 Å². The molecule has 0 unspecified atom stereocenters. The van der Waals surface area contributed by atoms with Crippen LogP contribution in [0.3, 0.4) is 0 Å². The van der Waals surface area contributed by atoms with Crippen molar-refractivity contribution in [3.8, 4) is 0 Å². The Morgan fingerprint density at radius 2 is 2.00 bits per heavy atom. The van der Waals surface area contributed by atoms with Crippen LogP contribution in [0.15, 0.2) is 12.2 Å². The largest absolute Gasteiger partial charge is 0.393 e. The zero-order chi connectivity index (χ0) is 7.28. The van der Waals surface area contributed by atoms with E-state index in [1.54, 1.807) is 0 Å². The second kappa shape index (κ2) is 4.57. The van der Waals surface area contributed by atoms with Crippen LogP contribution >= 0.6 is 0 Å². The van der Waals surface area contributed by atoms with E-state index in [1.807, 2.05) is 26.8 Å². The fourth-order valence-electron chi connectivity index (χ4n) is 0.548. The van der Waals surface area contributed by atoms with Crippen LogP contribution in [-0.4, -0.2) is 11.2 Å². The molecule has 1 heteroatoms. The molecule has 0 amide bonds. The van der Waals surface area contributed by atoms with Crippen molar-refractivity contribution in [2.75, 3.05) is 0 Å². The van der Waals surface area contributed by atoms with Gasteiger partial charge in [-0.15, -0.1) is 0 Å². The molecule has 0 aromatic heterocycles. The molecule has 2 atom stereocenters. The highest BCUT2D eigenvalue weighted by Crippen LogP contribution is 2.07. The van der Waals surface area contributed by atoms with E-state index in [4.69, 9.17) is 5.11 Å². The van der Waals surface area contributed by atoms with Crippen molar-refractivity contribution in [1.29, 1.82) is 0 Å². The molecule has 0 aliphatic heterocycles. The minimum absolute atomic E-state index is 0.179. The third kappa shape index (κ3) is 4.22. The van der Waals surface area contributed by atoms with Crippen LogP contribution in [0.1, 0.15) is 27.2 Å². The molecule has 1 nitrogen and oxygen atoms in total. The predicted molar refractivity (Wildman–Crippen MR) is 40.3 cm³/mol. The van der Waals surface area contributed by atoms with E-state index in [9.17, 15) is 0 Å². The summed E-state index contributed by atoms with van der Waals surface area (Å²) < 4.78 is 0. The summed E-state index contributed by atoms with van der Waals surface area (Å²) >= 11 is 0. The molecule has 0 spiro atoms. The Morgan fingerprint density at radius 1 is 1.44 bits per heavy atom. The summed E-state index contributed by atoms with van der Waals surface area (Å²) in [6.45, 7) is 5.87. The first-order valence-corrected chi connectivity index (χ1v) is 3.47. The van der Waals surface area contributed by atoms with E-state index in [0.717, 1.165) is 6.42 Å². The maximum absolute atomic E-state index is 9.01. The van der Waals surface area contributed by atoms with Gasteiger partial charge in [0.25, 0.3) is 0 Å². The molecule has 0 aromatic carbocycles. The van der Waals surface area contributed by atoms with Crippen LogP contribution in [-0.2, 0) is 0 Å². The summed E-state index contributed by atoms with van der Waals surface area (Å²) in [5, 5.41) is 9.01. The molecule has 0 saturated carbocycles. The maximum atomic E-state index is 9.01. The Labute approximate surface area is 57.4 Å². The van der Waals surface area contributed by atoms with Crippen LogP contribution in [0.4, 0.5) is 0 Å². The van der Waals surface area contributed by atoms with Crippen molar-refractivity contribution in [2.24, 2.45) is 5.92 Å². The fourth-order valence-corrected chi connectivity index (χ4v) is 0.548. The molecule has 0 aliphatic rings. The molecule has 54 valence electrons. The van der Waals surface area contributed by atoms with Crippen LogP contribution in [0, 0.1) is 5.92 Å². The first kappa shape index (κ1) is 8.70. The van der Waals surface area contributed by atoms with Gasteiger partial charge < -0.3 is 5.11 Å². The van der Waals surface area contributed by atoms with Gasteiger partial charge in [0.15, 0.2) is 0 Å². The van der Waals surface area contributed by atoms with Gasteiger partial charge in [0, 0.05) is 0 Å². The first-order valence-electron chi connectivity index (χ1n) is 3.47. The minimum Gasteiger partial charge on any atom is -0.393 e. The van der Waals surface area contributed by atoms with E-state index in [1.165, 1.54) is 0 Å². The Balaban J connectivity index is 3.38. The molecule has 0 aromatic rings. The maximum Gasteiger partial charge on any atom is 0.0540 e. The van der Waals surface area contributed by atoms with Gasteiger partial charge >= 0.3 is 0 Å². The minimum atomic E-state index is -0.179. The summed E-state index contributed by atoms with van der Waals surface area (Å²) in [7, 11) is 0. The van der Waals surface area contributed by atoms with Gasteiger partial charge in [-0.25, -0.2) is 0 Å². The SMILES string of the molecule is C/C=C/C[C@@H](C)[C@@H](C)O. The summed E-state index contributed by atoms with van der Waals surface area (Å²) in [5.41, 5.74) is 0. The van der Waals surface area contributed by atoms with Gasteiger partial charge in [-0.3, -0.25) is 0 Å². The molecular weight excluding hydrogens is 112 g/mol. The van der Waals surface area contributed by atoms with E-state index >= 15 is 0 Å². The highest BCUT2D eigenvalue weighted by Gasteiger charge is 2.04. The van der Waals surface area contributed by atoms with Crippen molar-refractivity contribution in [3.63, 3.8) is 0 Å². The second-order valence-electron chi connectivity index (χ2n) is 2.52. The second-order valence-corrected chi connectivity index (χ2v) is 2.52. The molecule has 0 saturated heterocycles. The Kier molecular flexibility index (Phi) is 4.41. The average Bonchev–Trinajstić information content (AvgIpc) is 1.82. The topological polar surface area (TPSA) is 20.2 Å². The lowest BCUT2D eigenvalue weighted by molar-refractivity contribution is 0.136. The van der Waals surface area contributed by atoms with Crippen molar-refractivity contribution >= 4 is 0 Å². The normalized spacial score (nSPS) is 18.2. The van der Waals surface area contributed by atoms with Gasteiger partial charge in [0.2, 0.25) is 0 Å². The van der Waals surface area contributed by atoms with Crippen molar-refractivity contribution in [3.05, 3.63) is 12.2 Å².